The highest BCUT2D eigenvalue weighted by molar-refractivity contribution is 5.92. The summed E-state index contributed by atoms with van der Waals surface area (Å²) in [7, 11) is 0. The summed E-state index contributed by atoms with van der Waals surface area (Å²) in [5, 5.41) is 4.80. The Balaban J connectivity index is 1.08. The Bertz CT molecular complexity index is 2650. The Kier molecular flexibility index (Phi) is 7.49. The second-order valence-corrected chi connectivity index (χ2v) is 12.5. The van der Waals surface area contributed by atoms with Crippen LogP contribution in [0, 0.1) is 0 Å². The van der Waals surface area contributed by atoms with E-state index in [2.05, 4.69) is 152 Å². The zero-order chi connectivity index (χ0) is 33.3. The van der Waals surface area contributed by atoms with Crippen LogP contribution in [0.25, 0.3) is 89.1 Å². The van der Waals surface area contributed by atoms with E-state index in [9.17, 15) is 0 Å². The molecular formula is C47H31N3. The number of nitrogens with zero attached hydrogens (tertiary/aromatic N) is 3. The van der Waals surface area contributed by atoms with Crippen molar-refractivity contribution in [2.24, 2.45) is 0 Å². The minimum absolute atomic E-state index is 0.646. The standard InChI is InChI=1S/C47H31N3/c1-3-11-32(12-4-1)36-17-10-20-43(30-36)46-48-45(34-14-5-2-6-15-34)49-47(50-46)44-26-25-41-29-40(23-24-42(41)31-44)38-19-9-18-37(28-38)39-22-21-33-13-7-8-16-35(33)27-39/h1-31H. The number of benzene rings is 8. The van der Waals surface area contributed by atoms with Gasteiger partial charge < -0.3 is 0 Å². The number of fused-ring (bicyclic) bond motifs is 2. The molecule has 0 saturated heterocycles. The first-order valence-electron chi connectivity index (χ1n) is 16.8. The van der Waals surface area contributed by atoms with Gasteiger partial charge in [-0.15, -0.1) is 0 Å². The lowest BCUT2D eigenvalue weighted by atomic mass is 9.95. The fourth-order valence-corrected chi connectivity index (χ4v) is 6.63. The summed E-state index contributed by atoms with van der Waals surface area (Å²) >= 11 is 0. The van der Waals surface area contributed by atoms with Crippen LogP contribution in [0.5, 0.6) is 0 Å². The molecule has 0 aliphatic carbocycles. The Labute approximate surface area is 291 Å². The maximum absolute atomic E-state index is 5.04. The summed E-state index contributed by atoms with van der Waals surface area (Å²) in [4.78, 5) is 15.0. The van der Waals surface area contributed by atoms with Crippen molar-refractivity contribution in [1.82, 2.24) is 15.0 Å². The highest BCUT2D eigenvalue weighted by Gasteiger charge is 2.14. The molecule has 3 heteroatoms. The SMILES string of the molecule is c1ccc(-c2cccc(-c3nc(-c4ccccc4)nc(-c4ccc5cc(-c6cccc(-c7ccc8ccccc8c7)c6)ccc5c4)n3)c2)cc1. The molecule has 0 radical (unpaired) electrons. The largest absolute Gasteiger partial charge is 0.208 e. The van der Waals surface area contributed by atoms with Crippen LogP contribution in [0.4, 0.5) is 0 Å². The Morgan fingerprint density at radius 3 is 1.16 bits per heavy atom. The lowest BCUT2D eigenvalue weighted by Gasteiger charge is -2.11. The van der Waals surface area contributed by atoms with Crippen molar-refractivity contribution in [1.29, 1.82) is 0 Å². The van der Waals surface area contributed by atoms with Crippen molar-refractivity contribution >= 4 is 21.5 Å². The van der Waals surface area contributed by atoms with Gasteiger partial charge in [-0.3, -0.25) is 0 Å². The van der Waals surface area contributed by atoms with E-state index < -0.39 is 0 Å². The van der Waals surface area contributed by atoms with Crippen LogP contribution in [0.2, 0.25) is 0 Å². The van der Waals surface area contributed by atoms with Crippen molar-refractivity contribution in [3.8, 4) is 67.5 Å². The van der Waals surface area contributed by atoms with E-state index >= 15 is 0 Å². The fourth-order valence-electron chi connectivity index (χ4n) is 6.63. The lowest BCUT2D eigenvalue weighted by molar-refractivity contribution is 1.07. The van der Waals surface area contributed by atoms with Crippen molar-refractivity contribution in [2.45, 2.75) is 0 Å². The third-order valence-electron chi connectivity index (χ3n) is 9.27. The van der Waals surface area contributed by atoms with Gasteiger partial charge in [-0.25, -0.2) is 15.0 Å². The van der Waals surface area contributed by atoms with Gasteiger partial charge in [0.1, 0.15) is 0 Å². The van der Waals surface area contributed by atoms with Gasteiger partial charge in [-0.05, 0) is 85.3 Å². The molecule has 0 unspecified atom stereocenters. The molecule has 1 aromatic heterocycles. The molecule has 234 valence electrons. The molecule has 0 N–H and O–H groups in total. The van der Waals surface area contributed by atoms with Gasteiger partial charge in [0.05, 0.1) is 0 Å². The fraction of sp³-hybridized carbons (Fsp3) is 0. The molecule has 0 saturated carbocycles. The quantitative estimate of drug-likeness (QED) is 0.182. The third-order valence-corrected chi connectivity index (χ3v) is 9.27. The van der Waals surface area contributed by atoms with Gasteiger partial charge in [0.2, 0.25) is 0 Å². The molecule has 3 nitrogen and oxygen atoms in total. The van der Waals surface area contributed by atoms with Gasteiger partial charge in [0.15, 0.2) is 17.5 Å². The zero-order valence-corrected chi connectivity index (χ0v) is 27.2. The second-order valence-electron chi connectivity index (χ2n) is 12.5. The first kappa shape index (κ1) is 29.4. The molecule has 0 atom stereocenters. The Hall–Kier alpha value is -6.71. The Morgan fingerprint density at radius 1 is 0.200 bits per heavy atom. The molecule has 0 amide bonds. The van der Waals surface area contributed by atoms with E-state index in [0.717, 1.165) is 38.6 Å². The number of aromatic nitrogens is 3. The molecule has 0 fully saturated rings. The van der Waals surface area contributed by atoms with E-state index in [0.29, 0.717) is 17.5 Å². The molecular weight excluding hydrogens is 607 g/mol. The molecule has 9 aromatic rings. The summed E-state index contributed by atoms with van der Waals surface area (Å²) in [6, 6.07) is 66.0. The first-order chi connectivity index (χ1) is 24.7. The van der Waals surface area contributed by atoms with Gasteiger partial charge in [-0.2, -0.15) is 0 Å². The third kappa shape index (κ3) is 5.82. The number of rotatable bonds is 6. The van der Waals surface area contributed by atoms with Crippen LogP contribution in [0.15, 0.2) is 188 Å². The average Bonchev–Trinajstić information content (AvgIpc) is 3.21. The van der Waals surface area contributed by atoms with E-state index in [1.54, 1.807) is 0 Å². The maximum atomic E-state index is 5.04. The smallest absolute Gasteiger partial charge is 0.164 e. The molecule has 50 heavy (non-hydrogen) atoms. The minimum Gasteiger partial charge on any atom is -0.208 e. The lowest BCUT2D eigenvalue weighted by Crippen LogP contribution is -2.00. The summed E-state index contributed by atoms with van der Waals surface area (Å²) < 4.78 is 0. The molecule has 1 heterocycles. The number of hydrogen-bond acceptors (Lipinski definition) is 3. The maximum Gasteiger partial charge on any atom is 0.164 e. The summed E-state index contributed by atoms with van der Waals surface area (Å²) in [5.41, 5.74) is 9.91. The molecule has 0 aliphatic rings. The second kappa shape index (κ2) is 12.7. The van der Waals surface area contributed by atoms with E-state index in [4.69, 9.17) is 15.0 Å². The number of hydrogen-bond donors (Lipinski definition) is 0. The van der Waals surface area contributed by atoms with Crippen LogP contribution < -0.4 is 0 Å². The zero-order valence-electron chi connectivity index (χ0n) is 27.2. The summed E-state index contributed by atoms with van der Waals surface area (Å²) in [5.74, 6) is 1.94. The summed E-state index contributed by atoms with van der Waals surface area (Å²) in [6.45, 7) is 0. The molecule has 9 rings (SSSR count). The molecule has 0 aliphatic heterocycles. The highest BCUT2D eigenvalue weighted by Crippen LogP contribution is 2.33. The summed E-state index contributed by atoms with van der Waals surface area (Å²) in [6.07, 6.45) is 0. The van der Waals surface area contributed by atoms with Crippen molar-refractivity contribution < 1.29 is 0 Å². The van der Waals surface area contributed by atoms with E-state index in [-0.39, 0.29) is 0 Å². The Morgan fingerprint density at radius 2 is 0.540 bits per heavy atom. The molecule has 0 bridgehead atoms. The van der Waals surface area contributed by atoms with Crippen molar-refractivity contribution in [3.63, 3.8) is 0 Å². The molecule has 0 spiro atoms. The van der Waals surface area contributed by atoms with Crippen LogP contribution in [-0.4, -0.2) is 15.0 Å². The van der Waals surface area contributed by atoms with E-state index in [1.807, 2.05) is 36.4 Å². The average molecular weight is 638 g/mol. The van der Waals surface area contributed by atoms with Gasteiger partial charge in [-0.1, -0.05) is 158 Å². The molecule has 8 aromatic carbocycles. The van der Waals surface area contributed by atoms with Gasteiger partial charge in [0.25, 0.3) is 0 Å². The predicted octanol–water partition coefficient (Wildman–Crippen LogP) is 12.2. The topological polar surface area (TPSA) is 38.7 Å². The van der Waals surface area contributed by atoms with Crippen molar-refractivity contribution in [2.75, 3.05) is 0 Å². The van der Waals surface area contributed by atoms with Crippen LogP contribution in [0.1, 0.15) is 0 Å². The van der Waals surface area contributed by atoms with Crippen LogP contribution in [-0.2, 0) is 0 Å². The van der Waals surface area contributed by atoms with Crippen molar-refractivity contribution in [3.05, 3.63) is 188 Å². The van der Waals surface area contributed by atoms with E-state index in [1.165, 1.54) is 33.0 Å². The normalized spacial score (nSPS) is 11.2. The minimum atomic E-state index is 0.646. The van der Waals surface area contributed by atoms with Gasteiger partial charge >= 0.3 is 0 Å². The highest BCUT2D eigenvalue weighted by atomic mass is 15.0. The monoisotopic (exact) mass is 637 g/mol. The first-order valence-corrected chi connectivity index (χ1v) is 16.8. The van der Waals surface area contributed by atoms with Gasteiger partial charge in [0, 0.05) is 16.7 Å². The van der Waals surface area contributed by atoms with Crippen LogP contribution in [0.3, 0.4) is 0 Å². The van der Waals surface area contributed by atoms with Crippen LogP contribution >= 0.6 is 0 Å². The predicted molar refractivity (Wildman–Crippen MR) is 207 cm³/mol.